The molecule has 0 aliphatic rings. The summed E-state index contributed by atoms with van der Waals surface area (Å²) in [5, 5.41) is 0. The average molecular weight is 168 g/mol. The topological polar surface area (TPSA) is 24.1 Å². The first-order valence-electron chi connectivity index (χ1n) is 4.47. The zero-order valence-electron chi connectivity index (χ0n) is 8.57. The Kier molecular flexibility index (Phi) is 6.48. The summed E-state index contributed by atoms with van der Waals surface area (Å²) >= 11 is 0. The summed E-state index contributed by atoms with van der Waals surface area (Å²) in [5.74, 6) is 0. The normalized spacial score (nSPS) is 13.3. The zero-order valence-corrected chi connectivity index (χ0v) is 8.57. The number of allylic oxidation sites excluding steroid dienone is 4. The Labute approximate surface area is 75.7 Å². The van der Waals surface area contributed by atoms with Gasteiger partial charge in [0.2, 0.25) is 0 Å². The maximum Gasteiger partial charge on any atom is 0.0230 e. The van der Waals surface area contributed by atoms with Crippen LogP contribution in [0.3, 0.4) is 0 Å². The van der Waals surface area contributed by atoms with Gasteiger partial charge in [0.1, 0.15) is 0 Å². The van der Waals surface area contributed by atoms with E-state index in [0.717, 1.165) is 5.70 Å². The highest BCUT2D eigenvalue weighted by molar-refractivity contribution is 5.13. The quantitative estimate of drug-likeness (QED) is 0.486. The van der Waals surface area contributed by atoms with Crippen molar-refractivity contribution in [1.82, 2.24) is 10.9 Å². The second kappa shape index (κ2) is 6.92. The van der Waals surface area contributed by atoms with Gasteiger partial charge in [0.05, 0.1) is 0 Å². The lowest BCUT2D eigenvalue weighted by atomic mass is 10.1. The van der Waals surface area contributed by atoms with Crippen molar-refractivity contribution in [2.24, 2.45) is 0 Å². The standard InChI is InChI=1S/C10H20N2/c1-5-6-9(2)7-8-10(3)12-11-4/h7-8,11-12H,5-6H2,1-4H3/b9-7+,10-8+. The molecule has 0 bridgehead atoms. The molecule has 0 fully saturated rings. The van der Waals surface area contributed by atoms with Crippen molar-refractivity contribution < 1.29 is 0 Å². The van der Waals surface area contributed by atoms with Crippen LogP contribution in [-0.4, -0.2) is 7.05 Å². The van der Waals surface area contributed by atoms with Crippen molar-refractivity contribution in [3.63, 3.8) is 0 Å². The molecule has 0 aromatic rings. The summed E-state index contributed by atoms with van der Waals surface area (Å²) < 4.78 is 0. The minimum atomic E-state index is 1.13. The van der Waals surface area contributed by atoms with Gasteiger partial charge in [-0.05, 0) is 26.3 Å². The van der Waals surface area contributed by atoms with Crippen LogP contribution in [0.4, 0.5) is 0 Å². The molecule has 0 aromatic carbocycles. The molecule has 0 atom stereocenters. The number of nitrogens with one attached hydrogen (secondary N) is 2. The van der Waals surface area contributed by atoms with Crippen LogP contribution >= 0.6 is 0 Å². The molecule has 0 aromatic heterocycles. The van der Waals surface area contributed by atoms with Crippen LogP contribution < -0.4 is 10.9 Å². The van der Waals surface area contributed by atoms with Crippen molar-refractivity contribution in [1.29, 1.82) is 0 Å². The summed E-state index contributed by atoms with van der Waals surface area (Å²) in [6.45, 7) is 6.39. The largest absolute Gasteiger partial charge is 0.326 e. The Morgan fingerprint density at radius 3 is 2.42 bits per heavy atom. The number of rotatable bonds is 5. The van der Waals surface area contributed by atoms with Gasteiger partial charge in [-0.2, -0.15) is 0 Å². The fourth-order valence-corrected chi connectivity index (χ4v) is 0.984. The van der Waals surface area contributed by atoms with E-state index in [2.05, 4.69) is 36.9 Å². The predicted molar refractivity (Wildman–Crippen MR) is 54.6 cm³/mol. The molecule has 0 spiro atoms. The third kappa shape index (κ3) is 5.98. The van der Waals surface area contributed by atoms with Crippen LogP contribution in [0.2, 0.25) is 0 Å². The molecule has 2 nitrogen and oxygen atoms in total. The van der Waals surface area contributed by atoms with E-state index in [9.17, 15) is 0 Å². The summed E-state index contributed by atoms with van der Waals surface area (Å²) in [6, 6.07) is 0. The third-order valence-electron chi connectivity index (χ3n) is 1.58. The van der Waals surface area contributed by atoms with Gasteiger partial charge in [0, 0.05) is 12.7 Å². The lowest BCUT2D eigenvalue weighted by Crippen LogP contribution is -2.25. The molecular weight excluding hydrogens is 148 g/mol. The van der Waals surface area contributed by atoms with E-state index in [1.54, 1.807) is 0 Å². The molecule has 70 valence electrons. The van der Waals surface area contributed by atoms with Crippen molar-refractivity contribution >= 4 is 0 Å². The first-order valence-corrected chi connectivity index (χ1v) is 4.47. The molecular formula is C10H20N2. The molecule has 0 aliphatic heterocycles. The van der Waals surface area contributed by atoms with Crippen molar-refractivity contribution in [2.75, 3.05) is 7.05 Å². The summed E-state index contributed by atoms with van der Waals surface area (Å²) in [5.41, 5.74) is 8.44. The van der Waals surface area contributed by atoms with Gasteiger partial charge in [-0.25, -0.2) is 5.43 Å². The maximum atomic E-state index is 3.01. The molecule has 0 unspecified atom stereocenters. The van der Waals surface area contributed by atoms with Crippen LogP contribution in [0, 0.1) is 0 Å². The highest BCUT2D eigenvalue weighted by Crippen LogP contribution is 2.03. The molecule has 0 radical (unpaired) electrons. The van der Waals surface area contributed by atoms with Crippen molar-refractivity contribution in [3.05, 3.63) is 23.4 Å². The van der Waals surface area contributed by atoms with Crippen LogP contribution in [0.25, 0.3) is 0 Å². The van der Waals surface area contributed by atoms with Gasteiger partial charge in [-0.3, -0.25) is 0 Å². The molecule has 0 amide bonds. The highest BCUT2D eigenvalue weighted by Gasteiger charge is 1.85. The molecule has 0 saturated heterocycles. The fourth-order valence-electron chi connectivity index (χ4n) is 0.984. The second-order valence-electron chi connectivity index (χ2n) is 2.99. The molecule has 2 N–H and O–H groups in total. The highest BCUT2D eigenvalue weighted by atomic mass is 15.3. The monoisotopic (exact) mass is 168 g/mol. The molecule has 0 aliphatic carbocycles. The predicted octanol–water partition coefficient (Wildman–Crippen LogP) is 2.36. The van der Waals surface area contributed by atoms with E-state index in [1.165, 1.54) is 18.4 Å². The Bertz CT molecular complexity index is 149. The molecule has 2 heteroatoms. The number of hydrogen-bond donors (Lipinski definition) is 2. The maximum absolute atomic E-state index is 3.01. The smallest absolute Gasteiger partial charge is 0.0230 e. The van der Waals surface area contributed by atoms with Gasteiger partial charge < -0.3 is 5.43 Å². The summed E-state index contributed by atoms with van der Waals surface area (Å²) in [6.07, 6.45) is 6.64. The van der Waals surface area contributed by atoms with Gasteiger partial charge in [0.25, 0.3) is 0 Å². The Morgan fingerprint density at radius 2 is 1.92 bits per heavy atom. The lowest BCUT2D eigenvalue weighted by Gasteiger charge is -2.02. The van der Waals surface area contributed by atoms with Crippen molar-refractivity contribution in [3.8, 4) is 0 Å². The van der Waals surface area contributed by atoms with Crippen LogP contribution in [0.15, 0.2) is 23.4 Å². The van der Waals surface area contributed by atoms with Gasteiger partial charge >= 0.3 is 0 Å². The molecule has 0 rings (SSSR count). The second-order valence-corrected chi connectivity index (χ2v) is 2.99. The van der Waals surface area contributed by atoms with E-state index in [-0.39, 0.29) is 0 Å². The Hall–Kier alpha value is -0.760. The minimum absolute atomic E-state index is 1.13. The van der Waals surface area contributed by atoms with Gasteiger partial charge in [0.15, 0.2) is 0 Å². The number of hydrazine groups is 1. The first-order chi connectivity index (χ1) is 5.70. The van der Waals surface area contributed by atoms with Gasteiger partial charge in [-0.1, -0.05) is 25.0 Å². The van der Waals surface area contributed by atoms with Crippen LogP contribution in [0.1, 0.15) is 33.6 Å². The van der Waals surface area contributed by atoms with Crippen LogP contribution in [-0.2, 0) is 0 Å². The van der Waals surface area contributed by atoms with E-state index in [4.69, 9.17) is 0 Å². The fraction of sp³-hybridized carbons (Fsp3) is 0.600. The number of hydrogen-bond acceptors (Lipinski definition) is 2. The molecule has 0 heterocycles. The lowest BCUT2D eigenvalue weighted by molar-refractivity contribution is 0.690. The van der Waals surface area contributed by atoms with E-state index >= 15 is 0 Å². The van der Waals surface area contributed by atoms with Crippen LogP contribution in [0.5, 0.6) is 0 Å². The van der Waals surface area contributed by atoms with E-state index < -0.39 is 0 Å². The van der Waals surface area contributed by atoms with E-state index in [1.807, 2.05) is 14.0 Å². The average Bonchev–Trinajstić information content (AvgIpc) is 2.02. The summed E-state index contributed by atoms with van der Waals surface area (Å²) in [7, 11) is 1.86. The summed E-state index contributed by atoms with van der Waals surface area (Å²) in [4.78, 5) is 0. The van der Waals surface area contributed by atoms with Gasteiger partial charge in [-0.15, -0.1) is 0 Å². The first kappa shape index (κ1) is 11.2. The SMILES string of the molecule is CCC/C(C)=C/C=C(\C)NNC. The third-order valence-corrected chi connectivity index (χ3v) is 1.58. The Morgan fingerprint density at radius 1 is 1.25 bits per heavy atom. The zero-order chi connectivity index (χ0) is 9.40. The van der Waals surface area contributed by atoms with Crippen molar-refractivity contribution in [2.45, 2.75) is 33.6 Å². The molecule has 0 saturated carbocycles. The van der Waals surface area contributed by atoms with E-state index in [0.29, 0.717) is 0 Å². The molecule has 12 heavy (non-hydrogen) atoms. The Balaban J connectivity index is 3.89. The minimum Gasteiger partial charge on any atom is -0.326 e.